The maximum atomic E-state index is 12.8. The highest BCUT2D eigenvalue weighted by Crippen LogP contribution is 2.22. The average Bonchev–Trinajstić information content (AvgIpc) is 3.29. The van der Waals surface area contributed by atoms with Gasteiger partial charge in [-0.1, -0.05) is 65.4 Å². The molecule has 2 heterocycles. The zero-order valence-corrected chi connectivity index (χ0v) is 17.0. The number of hydrogen-bond donors (Lipinski definition) is 0. The maximum Gasteiger partial charge on any atom is 0.291 e. The number of thiazole rings is 1. The monoisotopic (exact) mass is 411 g/mol. The minimum absolute atomic E-state index is 0.171. The van der Waals surface area contributed by atoms with Gasteiger partial charge in [-0.25, -0.2) is 0 Å². The number of aryl methyl sites for hydroxylation is 1. The van der Waals surface area contributed by atoms with Gasteiger partial charge in [0.2, 0.25) is 4.96 Å². The van der Waals surface area contributed by atoms with Crippen molar-refractivity contribution in [3.63, 3.8) is 0 Å². The van der Waals surface area contributed by atoms with E-state index in [0.29, 0.717) is 21.1 Å². The summed E-state index contributed by atoms with van der Waals surface area (Å²) >= 11 is 1.33. The Morgan fingerprint density at radius 2 is 1.73 bits per heavy atom. The zero-order chi connectivity index (χ0) is 20.5. The highest BCUT2D eigenvalue weighted by molar-refractivity contribution is 7.15. The highest BCUT2D eigenvalue weighted by atomic mass is 32.1. The Labute approximate surface area is 176 Å². The molecule has 0 N–H and O–H groups in total. The molecule has 0 atom stereocenters. The van der Waals surface area contributed by atoms with Crippen LogP contribution in [0.15, 0.2) is 83.7 Å². The van der Waals surface area contributed by atoms with Gasteiger partial charge in [0.05, 0.1) is 4.53 Å². The van der Waals surface area contributed by atoms with Crippen LogP contribution in [-0.4, -0.2) is 14.6 Å². The van der Waals surface area contributed by atoms with Gasteiger partial charge in [0, 0.05) is 5.56 Å². The van der Waals surface area contributed by atoms with Crippen molar-refractivity contribution in [2.75, 3.05) is 0 Å². The van der Waals surface area contributed by atoms with Crippen LogP contribution in [0.2, 0.25) is 0 Å². The molecule has 0 unspecified atom stereocenters. The molecule has 0 spiro atoms. The summed E-state index contributed by atoms with van der Waals surface area (Å²) in [4.78, 5) is 18.0. The Bertz CT molecular complexity index is 1460. The summed E-state index contributed by atoms with van der Waals surface area (Å²) < 4.78 is 7.84. The third-order valence-electron chi connectivity index (χ3n) is 4.59. The summed E-state index contributed by atoms with van der Waals surface area (Å²) in [6, 6.07) is 25.2. The number of nitrogens with zero attached hydrogens (tertiary/aromatic N) is 3. The van der Waals surface area contributed by atoms with Crippen LogP contribution in [0.5, 0.6) is 11.5 Å². The van der Waals surface area contributed by atoms with E-state index < -0.39 is 0 Å². The Morgan fingerprint density at radius 3 is 2.53 bits per heavy atom. The predicted octanol–water partition coefficient (Wildman–Crippen LogP) is 4.47. The van der Waals surface area contributed by atoms with Gasteiger partial charge in [0.1, 0.15) is 11.5 Å². The number of fused-ring (bicyclic) bond motifs is 1. The van der Waals surface area contributed by atoms with Gasteiger partial charge in [-0.05, 0) is 48.9 Å². The Kier molecular flexibility index (Phi) is 4.61. The van der Waals surface area contributed by atoms with E-state index in [9.17, 15) is 4.79 Å². The van der Waals surface area contributed by atoms with Gasteiger partial charge in [-0.3, -0.25) is 4.79 Å². The Balaban J connectivity index is 1.49. The number of rotatable bonds is 4. The molecule has 146 valence electrons. The molecule has 5 nitrogen and oxygen atoms in total. The van der Waals surface area contributed by atoms with Crippen LogP contribution in [0.4, 0.5) is 0 Å². The quantitative estimate of drug-likeness (QED) is 0.438. The van der Waals surface area contributed by atoms with Crippen molar-refractivity contribution >= 4 is 22.4 Å². The SMILES string of the molecule is Cc1cccc(-c2nc3s/c(=C\c4cccc(Oc5ccccc5)c4)c(=O)n3n2)c1. The first kappa shape index (κ1) is 18.3. The van der Waals surface area contributed by atoms with Crippen LogP contribution in [0, 0.1) is 6.92 Å². The fraction of sp³-hybridized carbons (Fsp3) is 0.0417. The summed E-state index contributed by atoms with van der Waals surface area (Å²) in [6.07, 6.45) is 1.84. The first-order chi connectivity index (χ1) is 14.7. The zero-order valence-electron chi connectivity index (χ0n) is 16.1. The lowest BCUT2D eigenvalue weighted by molar-refractivity contribution is 0.482. The lowest BCUT2D eigenvalue weighted by Gasteiger charge is -2.05. The molecule has 6 heteroatoms. The van der Waals surface area contributed by atoms with Crippen LogP contribution in [0.3, 0.4) is 0 Å². The van der Waals surface area contributed by atoms with Crippen molar-refractivity contribution in [1.29, 1.82) is 0 Å². The van der Waals surface area contributed by atoms with E-state index in [4.69, 9.17) is 4.74 Å². The molecule has 3 aromatic carbocycles. The van der Waals surface area contributed by atoms with E-state index in [1.165, 1.54) is 15.9 Å². The van der Waals surface area contributed by atoms with Crippen molar-refractivity contribution in [2.24, 2.45) is 0 Å². The molecule has 30 heavy (non-hydrogen) atoms. The lowest BCUT2D eigenvalue weighted by Crippen LogP contribution is -2.23. The predicted molar refractivity (Wildman–Crippen MR) is 119 cm³/mol. The standard InChI is InChI=1S/C24H17N3O2S/c1-16-7-5-9-18(13-16)22-25-24-27(26-22)23(28)21(30-24)15-17-8-6-12-20(14-17)29-19-10-3-2-4-11-19/h2-15H,1H3/b21-15-. The summed E-state index contributed by atoms with van der Waals surface area (Å²) in [5.74, 6) is 2.04. The lowest BCUT2D eigenvalue weighted by atomic mass is 10.1. The van der Waals surface area contributed by atoms with E-state index in [0.717, 1.165) is 22.4 Å². The topological polar surface area (TPSA) is 56.5 Å². The summed E-state index contributed by atoms with van der Waals surface area (Å²) in [5, 5.41) is 4.42. The van der Waals surface area contributed by atoms with Crippen LogP contribution >= 0.6 is 11.3 Å². The van der Waals surface area contributed by atoms with Gasteiger partial charge in [-0.2, -0.15) is 9.50 Å². The number of hydrogen-bond acceptors (Lipinski definition) is 5. The minimum atomic E-state index is -0.171. The van der Waals surface area contributed by atoms with Crippen molar-refractivity contribution in [3.8, 4) is 22.9 Å². The smallest absolute Gasteiger partial charge is 0.291 e. The van der Waals surface area contributed by atoms with E-state index in [1.807, 2.05) is 91.9 Å². The van der Waals surface area contributed by atoms with Crippen LogP contribution in [0.25, 0.3) is 22.4 Å². The minimum Gasteiger partial charge on any atom is -0.457 e. The van der Waals surface area contributed by atoms with Crippen molar-refractivity contribution in [1.82, 2.24) is 14.6 Å². The van der Waals surface area contributed by atoms with Crippen molar-refractivity contribution < 1.29 is 4.74 Å². The molecule has 0 amide bonds. The second kappa shape index (κ2) is 7.57. The number of ether oxygens (including phenoxy) is 1. The molecular formula is C24H17N3O2S. The molecule has 0 aliphatic heterocycles. The maximum absolute atomic E-state index is 12.8. The fourth-order valence-corrected chi connectivity index (χ4v) is 4.09. The van der Waals surface area contributed by atoms with E-state index in [2.05, 4.69) is 10.1 Å². The summed E-state index contributed by atoms with van der Waals surface area (Å²) in [7, 11) is 0. The number of aromatic nitrogens is 3. The third-order valence-corrected chi connectivity index (χ3v) is 5.55. The highest BCUT2D eigenvalue weighted by Gasteiger charge is 2.12. The molecule has 0 saturated heterocycles. The van der Waals surface area contributed by atoms with Gasteiger partial charge in [-0.15, -0.1) is 5.10 Å². The molecule has 0 fully saturated rings. The molecule has 5 aromatic rings. The summed E-state index contributed by atoms with van der Waals surface area (Å²) in [5.41, 5.74) is 2.74. The normalized spacial score (nSPS) is 11.8. The largest absolute Gasteiger partial charge is 0.457 e. The molecule has 0 bridgehead atoms. The van der Waals surface area contributed by atoms with Crippen LogP contribution in [0.1, 0.15) is 11.1 Å². The average molecular weight is 411 g/mol. The Hall–Kier alpha value is -3.77. The van der Waals surface area contributed by atoms with E-state index >= 15 is 0 Å². The first-order valence-electron chi connectivity index (χ1n) is 9.47. The van der Waals surface area contributed by atoms with Gasteiger partial charge >= 0.3 is 0 Å². The van der Waals surface area contributed by atoms with Crippen LogP contribution < -0.4 is 14.8 Å². The molecule has 0 radical (unpaired) electrons. The van der Waals surface area contributed by atoms with E-state index in [-0.39, 0.29) is 5.56 Å². The Morgan fingerprint density at radius 1 is 0.933 bits per heavy atom. The van der Waals surface area contributed by atoms with E-state index in [1.54, 1.807) is 0 Å². The van der Waals surface area contributed by atoms with Gasteiger partial charge < -0.3 is 4.74 Å². The first-order valence-corrected chi connectivity index (χ1v) is 10.3. The second-order valence-corrected chi connectivity index (χ2v) is 7.91. The van der Waals surface area contributed by atoms with Gasteiger partial charge in [0.25, 0.3) is 5.56 Å². The van der Waals surface area contributed by atoms with Crippen molar-refractivity contribution in [3.05, 3.63) is 105 Å². The molecule has 0 saturated carbocycles. The molecule has 0 aliphatic rings. The van der Waals surface area contributed by atoms with Gasteiger partial charge in [0.15, 0.2) is 5.82 Å². The molecular weight excluding hydrogens is 394 g/mol. The number of benzene rings is 3. The number of para-hydroxylation sites is 1. The molecule has 5 rings (SSSR count). The third kappa shape index (κ3) is 3.60. The molecule has 2 aromatic heterocycles. The van der Waals surface area contributed by atoms with Crippen molar-refractivity contribution in [2.45, 2.75) is 6.92 Å². The second-order valence-electron chi connectivity index (χ2n) is 6.90. The summed E-state index contributed by atoms with van der Waals surface area (Å²) in [6.45, 7) is 2.02. The fourth-order valence-electron chi connectivity index (χ4n) is 3.18. The van der Waals surface area contributed by atoms with Crippen LogP contribution in [-0.2, 0) is 0 Å². The molecule has 0 aliphatic carbocycles.